The van der Waals surface area contributed by atoms with Gasteiger partial charge >= 0.3 is 5.97 Å². The summed E-state index contributed by atoms with van der Waals surface area (Å²) in [6.45, 7) is 0. The Bertz CT molecular complexity index is 723. The second kappa shape index (κ2) is 3.45. The molecule has 0 aliphatic carbocycles. The minimum Gasteiger partial charge on any atom is -0.433 e. The van der Waals surface area contributed by atoms with Crippen molar-refractivity contribution in [3.63, 3.8) is 0 Å². The summed E-state index contributed by atoms with van der Waals surface area (Å²) in [6.07, 6.45) is -0.633. The Morgan fingerprint density at radius 1 is 0.895 bits per heavy atom. The highest BCUT2D eigenvalue weighted by atomic mass is 16.6. The molecule has 19 heavy (non-hydrogen) atoms. The van der Waals surface area contributed by atoms with Crippen molar-refractivity contribution in [3.05, 3.63) is 65.2 Å². The number of ether oxygens (including phenoxy) is 1. The molecule has 0 saturated heterocycles. The number of amides is 1. The largest absolute Gasteiger partial charge is 0.433 e. The molecule has 2 heterocycles. The van der Waals surface area contributed by atoms with Crippen molar-refractivity contribution in [2.45, 2.75) is 6.23 Å². The van der Waals surface area contributed by atoms with Gasteiger partial charge in [-0.1, -0.05) is 30.3 Å². The Labute approximate surface area is 109 Å². The molecular weight excluding hydrogens is 242 g/mol. The van der Waals surface area contributed by atoms with E-state index in [0.29, 0.717) is 16.8 Å². The van der Waals surface area contributed by atoms with E-state index < -0.39 is 6.23 Å². The van der Waals surface area contributed by atoms with E-state index in [9.17, 15) is 9.59 Å². The Balaban J connectivity index is 1.97. The van der Waals surface area contributed by atoms with Gasteiger partial charge in [0, 0.05) is 11.1 Å². The van der Waals surface area contributed by atoms with Crippen LogP contribution in [0.15, 0.2) is 48.5 Å². The van der Waals surface area contributed by atoms with Crippen LogP contribution < -0.4 is 4.90 Å². The highest BCUT2D eigenvalue weighted by Gasteiger charge is 2.44. The first-order chi connectivity index (χ1) is 9.27. The smallest absolute Gasteiger partial charge is 0.342 e. The molecule has 2 aliphatic rings. The molecule has 0 bridgehead atoms. The molecule has 0 radical (unpaired) electrons. The quantitative estimate of drug-likeness (QED) is 0.676. The lowest BCUT2D eigenvalue weighted by molar-refractivity contribution is 0.0273. The number of carbonyl (C=O) groups is 2. The zero-order valence-electron chi connectivity index (χ0n) is 9.87. The lowest BCUT2D eigenvalue weighted by atomic mass is 10.1. The standard InChI is InChI=1S/C15H9NO3/c17-13-9-5-1-2-6-10(9)14-16(13)12-8-4-3-7-11(12)15(18)19-14/h1-8,14H/t14-/m0/s1. The number of anilines is 1. The number of esters is 1. The summed E-state index contributed by atoms with van der Waals surface area (Å²) in [5.41, 5.74) is 2.39. The Kier molecular flexibility index (Phi) is 1.87. The molecule has 4 heteroatoms. The zero-order valence-corrected chi connectivity index (χ0v) is 9.87. The third kappa shape index (κ3) is 1.23. The van der Waals surface area contributed by atoms with Crippen molar-refractivity contribution in [2.24, 2.45) is 0 Å². The van der Waals surface area contributed by atoms with Gasteiger partial charge in [0.15, 0.2) is 0 Å². The van der Waals surface area contributed by atoms with Crippen LogP contribution in [-0.2, 0) is 4.74 Å². The van der Waals surface area contributed by atoms with Gasteiger partial charge in [0.1, 0.15) is 0 Å². The molecule has 4 rings (SSSR count). The zero-order chi connectivity index (χ0) is 13.0. The van der Waals surface area contributed by atoms with Gasteiger partial charge in [0.2, 0.25) is 6.23 Å². The molecule has 0 unspecified atom stereocenters. The van der Waals surface area contributed by atoms with Crippen LogP contribution in [0.25, 0.3) is 0 Å². The van der Waals surface area contributed by atoms with Crippen LogP contribution in [0.5, 0.6) is 0 Å². The van der Waals surface area contributed by atoms with Gasteiger partial charge in [-0.05, 0) is 18.2 Å². The Morgan fingerprint density at radius 2 is 1.58 bits per heavy atom. The van der Waals surface area contributed by atoms with Crippen LogP contribution in [0, 0.1) is 0 Å². The van der Waals surface area contributed by atoms with Gasteiger partial charge in [-0.2, -0.15) is 0 Å². The van der Waals surface area contributed by atoms with E-state index in [1.54, 1.807) is 29.2 Å². The van der Waals surface area contributed by atoms with E-state index in [2.05, 4.69) is 0 Å². The molecule has 1 amide bonds. The number of carbonyl (C=O) groups excluding carboxylic acids is 2. The highest BCUT2D eigenvalue weighted by molar-refractivity contribution is 6.15. The van der Waals surface area contributed by atoms with Gasteiger partial charge < -0.3 is 4.74 Å². The van der Waals surface area contributed by atoms with Crippen LogP contribution in [0.4, 0.5) is 5.69 Å². The van der Waals surface area contributed by atoms with Crippen molar-refractivity contribution in [2.75, 3.05) is 4.90 Å². The number of nitrogens with zero attached hydrogens (tertiary/aromatic N) is 1. The van der Waals surface area contributed by atoms with Gasteiger partial charge in [0.25, 0.3) is 5.91 Å². The molecule has 0 saturated carbocycles. The highest BCUT2D eigenvalue weighted by Crippen LogP contribution is 2.43. The number of rotatable bonds is 0. The van der Waals surface area contributed by atoms with Crippen molar-refractivity contribution in [1.82, 2.24) is 0 Å². The van der Waals surface area contributed by atoms with Crippen molar-refractivity contribution >= 4 is 17.6 Å². The summed E-state index contributed by atoms with van der Waals surface area (Å²) in [4.78, 5) is 26.0. The molecule has 0 spiro atoms. The fourth-order valence-electron chi connectivity index (χ4n) is 2.66. The Hall–Kier alpha value is -2.62. The van der Waals surface area contributed by atoms with E-state index in [1.165, 1.54) is 0 Å². The molecule has 2 aromatic carbocycles. The van der Waals surface area contributed by atoms with Gasteiger partial charge in [-0.25, -0.2) is 4.79 Å². The number of fused-ring (bicyclic) bond motifs is 5. The maximum atomic E-state index is 12.4. The SMILES string of the molecule is O=C1O[C@H]2c3ccccc3C(=O)N2c2ccccc21. The van der Waals surface area contributed by atoms with Gasteiger partial charge in [-0.15, -0.1) is 0 Å². The topological polar surface area (TPSA) is 46.6 Å². The van der Waals surface area contributed by atoms with Gasteiger partial charge in [-0.3, -0.25) is 9.69 Å². The van der Waals surface area contributed by atoms with E-state index in [-0.39, 0.29) is 11.9 Å². The van der Waals surface area contributed by atoms with Crippen molar-refractivity contribution in [1.29, 1.82) is 0 Å². The first-order valence-electron chi connectivity index (χ1n) is 6.00. The minimum absolute atomic E-state index is 0.124. The Morgan fingerprint density at radius 3 is 2.42 bits per heavy atom. The molecule has 2 aliphatic heterocycles. The number of para-hydroxylation sites is 1. The van der Waals surface area contributed by atoms with Crippen LogP contribution in [0.1, 0.15) is 32.5 Å². The molecule has 0 N–H and O–H groups in total. The molecule has 1 atom stereocenters. The van der Waals surface area contributed by atoms with Crippen LogP contribution >= 0.6 is 0 Å². The van der Waals surface area contributed by atoms with Crippen LogP contribution in [0.2, 0.25) is 0 Å². The molecule has 0 aromatic heterocycles. The summed E-state index contributed by atoms with van der Waals surface area (Å²) < 4.78 is 5.40. The van der Waals surface area contributed by atoms with Crippen LogP contribution in [0.3, 0.4) is 0 Å². The molecular formula is C15H9NO3. The summed E-state index contributed by atoms with van der Waals surface area (Å²) in [6, 6.07) is 14.2. The monoisotopic (exact) mass is 251 g/mol. The predicted octanol–water partition coefficient (Wildman–Crippen LogP) is 2.52. The fraction of sp³-hybridized carbons (Fsp3) is 0.0667. The van der Waals surface area contributed by atoms with E-state index >= 15 is 0 Å². The van der Waals surface area contributed by atoms with E-state index in [1.807, 2.05) is 24.3 Å². The van der Waals surface area contributed by atoms with Crippen LogP contribution in [-0.4, -0.2) is 11.9 Å². The maximum Gasteiger partial charge on any atom is 0.342 e. The lowest BCUT2D eigenvalue weighted by Crippen LogP contribution is -2.36. The summed E-state index contributed by atoms with van der Waals surface area (Å²) in [5.74, 6) is -0.512. The second-order valence-electron chi connectivity index (χ2n) is 4.54. The first-order valence-corrected chi connectivity index (χ1v) is 6.00. The fourth-order valence-corrected chi connectivity index (χ4v) is 2.66. The van der Waals surface area contributed by atoms with Crippen molar-refractivity contribution in [3.8, 4) is 0 Å². The molecule has 92 valence electrons. The first kappa shape index (κ1) is 10.3. The van der Waals surface area contributed by atoms with Gasteiger partial charge in [0.05, 0.1) is 11.3 Å². The van der Waals surface area contributed by atoms with E-state index in [0.717, 1.165) is 5.56 Å². The predicted molar refractivity (Wildman–Crippen MR) is 67.9 cm³/mol. The molecule has 4 nitrogen and oxygen atoms in total. The average molecular weight is 251 g/mol. The molecule has 2 aromatic rings. The average Bonchev–Trinajstić information content (AvgIpc) is 2.73. The minimum atomic E-state index is -0.633. The second-order valence-corrected chi connectivity index (χ2v) is 4.54. The third-order valence-electron chi connectivity index (χ3n) is 3.51. The van der Waals surface area contributed by atoms with E-state index in [4.69, 9.17) is 4.74 Å². The number of hydrogen-bond acceptors (Lipinski definition) is 3. The molecule has 0 fully saturated rings. The summed E-state index contributed by atoms with van der Waals surface area (Å²) >= 11 is 0. The third-order valence-corrected chi connectivity index (χ3v) is 3.51. The lowest BCUT2D eigenvalue weighted by Gasteiger charge is -2.31. The summed E-state index contributed by atoms with van der Waals surface area (Å²) in [7, 11) is 0. The number of hydrogen-bond donors (Lipinski definition) is 0. The van der Waals surface area contributed by atoms with Crippen molar-refractivity contribution < 1.29 is 14.3 Å². The number of benzene rings is 2. The maximum absolute atomic E-state index is 12.4. The summed E-state index contributed by atoms with van der Waals surface area (Å²) in [5, 5.41) is 0. The normalized spacial score (nSPS) is 19.6.